The largest absolute Gasteiger partial charge is 0.480 e. The predicted molar refractivity (Wildman–Crippen MR) is 71.1 cm³/mol. The van der Waals surface area contributed by atoms with Gasteiger partial charge in [0.25, 0.3) is 0 Å². The fourth-order valence-electron chi connectivity index (χ4n) is 2.30. The van der Waals surface area contributed by atoms with Crippen LogP contribution in [0.25, 0.3) is 0 Å². The highest BCUT2D eigenvalue weighted by atomic mass is 32.2. The quantitative estimate of drug-likeness (QED) is 0.877. The molecule has 0 fully saturated rings. The minimum absolute atomic E-state index is 0.0820. The Morgan fingerprint density at radius 3 is 2.88 bits per heavy atom. The second-order valence-electron chi connectivity index (χ2n) is 4.61. The van der Waals surface area contributed by atoms with E-state index in [4.69, 9.17) is 5.11 Å². The number of anilines is 1. The Kier molecular flexibility index (Phi) is 3.33. The van der Waals surface area contributed by atoms with Gasteiger partial charge in [0.05, 0.1) is 5.69 Å². The minimum atomic E-state index is -0.769. The van der Waals surface area contributed by atoms with Crippen molar-refractivity contribution in [2.45, 2.75) is 31.7 Å². The van der Waals surface area contributed by atoms with Gasteiger partial charge >= 0.3 is 5.97 Å². The number of fused-ring (bicyclic) bond motifs is 1. The van der Waals surface area contributed by atoms with Crippen LogP contribution >= 0.6 is 11.8 Å². The molecule has 0 aromatic heterocycles. The molecule has 4 heteroatoms. The van der Waals surface area contributed by atoms with Gasteiger partial charge in [-0.2, -0.15) is 0 Å². The van der Waals surface area contributed by atoms with Gasteiger partial charge in [-0.3, -0.25) is 4.79 Å². The number of benzene rings is 1. The molecule has 0 saturated heterocycles. The molecule has 0 spiro atoms. The van der Waals surface area contributed by atoms with Crippen LogP contribution in [0, 0.1) is 13.8 Å². The lowest BCUT2D eigenvalue weighted by Gasteiger charge is -2.36. The maximum Gasteiger partial charge on any atom is 0.323 e. The van der Waals surface area contributed by atoms with Gasteiger partial charge in [0, 0.05) is 16.7 Å². The molecule has 1 atom stereocenters. The SMILES string of the molecule is Cc1cc(C)c2c(c1)SCC(C)N2CC(=O)O. The third-order valence-corrected chi connectivity index (χ3v) is 4.29. The van der Waals surface area contributed by atoms with Crippen molar-refractivity contribution in [3.8, 4) is 0 Å². The summed E-state index contributed by atoms with van der Waals surface area (Å²) in [5.74, 6) is 0.179. The first-order valence-electron chi connectivity index (χ1n) is 5.71. The average molecular weight is 251 g/mol. The number of nitrogens with zero attached hydrogens (tertiary/aromatic N) is 1. The van der Waals surface area contributed by atoms with Crippen molar-refractivity contribution in [1.29, 1.82) is 0 Å². The molecule has 17 heavy (non-hydrogen) atoms. The first-order valence-corrected chi connectivity index (χ1v) is 6.70. The van der Waals surface area contributed by atoms with Crippen LogP contribution in [0.4, 0.5) is 5.69 Å². The third-order valence-electron chi connectivity index (χ3n) is 3.01. The monoisotopic (exact) mass is 251 g/mol. The van der Waals surface area contributed by atoms with Gasteiger partial charge in [0.1, 0.15) is 6.54 Å². The zero-order valence-corrected chi connectivity index (χ0v) is 11.2. The Morgan fingerprint density at radius 2 is 2.24 bits per heavy atom. The number of carbonyl (C=O) groups is 1. The van der Waals surface area contributed by atoms with E-state index in [9.17, 15) is 4.79 Å². The maximum absolute atomic E-state index is 11.0. The Hall–Kier alpha value is -1.16. The molecule has 0 bridgehead atoms. The molecular weight excluding hydrogens is 234 g/mol. The van der Waals surface area contributed by atoms with Crippen molar-refractivity contribution in [3.05, 3.63) is 23.3 Å². The van der Waals surface area contributed by atoms with Crippen LogP contribution in [0.2, 0.25) is 0 Å². The van der Waals surface area contributed by atoms with E-state index in [1.54, 1.807) is 0 Å². The minimum Gasteiger partial charge on any atom is -0.480 e. The van der Waals surface area contributed by atoms with Gasteiger partial charge in [-0.15, -0.1) is 11.8 Å². The van der Waals surface area contributed by atoms with E-state index in [-0.39, 0.29) is 12.6 Å². The second kappa shape index (κ2) is 4.61. The number of rotatable bonds is 2. The van der Waals surface area contributed by atoms with E-state index in [0.29, 0.717) is 0 Å². The van der Waals surface area contributed by atoms with Crippen LogP contribution < -0.4 is 4.90 Å². The molecule has 1 aromatic carbocycles. The number of thioether (sulfide) groups is 1. The predicted octanol–water partition coefficient (Wildman–Crippen LogP) is 2.69. The molecule has 0 saturated carbocycles. The van der Waals surface area contributed by atoms with E-state index in [1.165, 1.54) is 16.0 Å². The summed E-state index contributed by atoms with van der Waals surface area (Å²) in [5.41, 5.74) is 3.50. The van der Waals surface area contributed by atoms with E-state index < -0.39 is 5.97 Å². The Morgan fingerprint density at radius 1 is 1.53 bits per heavy atom. The lowest BCUT2D eigenvalue weighted by molar-refractivity contribution is -0.135. The smallest absolute Gasteiger partial charge is 0.323 e. The standard InChI is InChI=1S/C13H17NO2S/c1-8-4-9(2)13-11(5-8)17-7-10(3)14(13)6-12(15)16/h4-5,10H,6-7H2,1-3H3,(H,15,16). The van der Waals surface area contributed by atoms with Gasteiger partial charge in [-0.1, -0.05) is 6.07 Å². The summed E-state index contributed by atoms with van der Waals surface area (Å²) in [6.45, 7) is 6.30. The van der Waals surface area contributed by atoms with Gasteiger partial charge in [-0.05, 0) is 38.0 Å². The number of hydrogen-bond acceptors (Lipinski definition) is 3. The van der Waals surface area contributed by atoms with Gasteiger partial charge in [0.15, 0.2) is 0 Å². The maximum atomic E-state index is 11.0. The summed E-state index contributed by atoms with van der Waals surface area (Å²) >= 11 is 1.82. The van der Waals surface area contributed by atoms with Crippen molar-refractivity contribution in [1.82, 2.24) is 0 Å². The molecule has 1 N–H and O–H groups in total. The first-order chi connectivity index (χ1) is 7.99. The molecule has 1 heterocycles. The van der Waals surface area contributed by atoms with Crippen molar-refractivity contribution in [2.75, 3.05) is 17.2 Å². The number of aliphatic carboxylic acids is 1. The molecule has 1 aliphatic heterocycles. The average Bonchev–Trinajstić information content (AvgIpc) is 2.21. The van der Waals surface area contributed by atoms with Gasteiger partial charge < -0.3 is 10.0 Å². The summed E-state index contributed by atoms with van der Waals surface area (Å²) in [7, 11) is 0. The summed E-state index contributed by atoms with van der Waals surface area (Å²) < 4.78 is 0. The molecule has 0 radical (unpaired) electrons. The van der Waals surface area contributed by atoms with Gasteiger partial charge in [-0.25, -0.2) is 0 Å². The Balaban J connectivity index is 2.46. The van der Waals surface area contributed by atoms with Crippen LogP contribution in [-0.4, -0.2) is 29.4 Å². The zero-order chi connectivity index (χ0) is 12.6. The molecule has 1 aromatic rings. The fourth-order valence-corrected chi connectivity index (χ4v) is 3.59. The first kappa shape index (κ1) is 12.3. The van der Waals surface area contributed by atoms with Crippen molar-refractivity contribution >= 4 is 23.4 Å². The highest BCUT2D eigenvalue weighted by molar-refractivity contribution is 7.99. The van der Waals surface area contributed by atoms with E-state index in [0.717, 1.165) is 11.4 Å². The summed E-state index contributed by atoms with van der Waals surface area (Å²) in [5, 5.41) is 9.01. The fraction of sp³-hybridized carbons (Fsp3) is 0.462. The number of carboxylic acid groups (broad SMARTS) is 1. The Labute approximate surface area is 106 Å². The number of hydrogen-bond donors (Lipinski definition) is 1. The highest BCUT2D eigenvalue weighted by Crippen LogP contribution is 2.40. The summed E-state index contributed by atoms with van der Waals surface area (Å²) in [6, 6.07) is 4.53. The van der Waals surface area contributed by atoms with E-state index in [2.05, 4.69) is 32.9 Å². The number of carboxylic acids is 1. The second-order valence-corrected chi connectivity index (χ2v) is 5.67. The number of aryl methyl sites for hydroxylation is 2. The van der Waals surface area contributed by atoms with Crippen molar-refractivity contribution in [3.63, 3.8) is 0 Å². The van der Waals surface area contributed by atoms with Gasteiger partial charge in [0.2, 0.25) is 0 Å². The Bertz CT molecular complexity index is 459. The van der Waals surface area contributed by atoms with Crippen molar-refractivity contribution in [2.24, 2.45) is 0 Å². The lowest BCUT2D eigenvalue weighted by Crippen LogP contribution is -2.41. The van der Waals surface area contributed by atoms with Crippen LogP contribution in [0.15, 0.2) is 17.0 Å². The normalized spacial score (nSPS) is 19.0. The van der Waals surface area contributed by atoms with E-state index >= 15 is 0 Å². The summed E-state index contributed by atoms with van der Waals surface area (Å²) in [4.78, 5) is 14.2. The molecular formula is C13H17NO2S. The van der Waals surface area contributed by atoms with E-state index in [1.807, 2.05) is 16.7 Å². The molecule has 1 unspecified atom stereocenters. The zero-order valence-electron chi connectivity index (χ0n) is 10.4. The third kappa shape index (κ3) is 2.41. The molecule has 0 amide bonds. The molecule has 2 rings (SSSR count). The van der Waals surface area contributed by atoms with Crippen LogP contribution in [0.3, 0.4) is 0 Å². The molecule has 0 aliphatic carbocycles. The van der Waals surface area contributed by atoms with Crippen LogP contribution in [-0.2, 0) is 4.79 Å². The topological polar surface area (TPSA) is 40.5 Å². The van der Waals surface area contributed by atoms with Crippen LogP contribution in [0.1, 0.15) is 18.1 Å². The lowest BCUT2D eigenvalue weighted by atomic mass is 10.1. The molecule has 1 aliphatic rings. The molecule has 92 valence electrons. The molecule has 3 nitrogen and oxygen atoms in total. The van der Waals surface area contributed by atoms with Crippen molar-refractivity contribution < 1.29 is 9.90 Å². The summed E-state index contributed by atoms with van der Waals surface area (Å²) in [6.07, 6.45) is 0. The van der Waals surface area contributed by atoms with Crippen LogP contribution in [0.5, 0.6) is 0 Å². The highest BCUT2D eigenvalue weighted by Gasteiger charge is 2.26.